The number of hydrogen-bond acceptors (Lipinski definition) is 6. The third-order valence-corrected chi connectivity index (χ3v) is 5.29. The Bertz CT molecular complexity index is 934. The van der Waals surface area contributed by atoms with Gasteiger partial charge < -0.3 is 14.8 Å². The highest BCUT2D eigenvalue weighted by molar-refractivity contribution is 7.08. The van der Waals surface area contributed by atoms with Gasteiger partial charge in [-0.3, -0.25) is 9.69 Å². The zero-order valence-corrected chi connectivity index (χ0v) is 17.2. The fraction of sp³-hybridized carbons (Fsp3) is 0.286. The Morgan fingerprint density at radius 2 is 1.93 bits per heavy atom. The van der Waals surface area contributed by atoms with Crippen molar-refractivity contribution < 1.29 is 23.9 Å². The SMILES string of the molecule is CCOC(=O)C1=C(COc2ccc(C(C)=O)cc2)N(C)C(=O)NC1c1ccsc1. The highest BCUT2D eigenvalue weighted by Gasteiger charge is 2.37. The van der Waals surface area contributed by atoms with Crippen LogP contribution in [0, 0.1) is 0 Å². The number of nitrogens with one attached hydrogen (secondary N) is 1. The van der Waals surface area contributed by atoms with E-state index in [0.717, 1.165) is 5.56 Å². The lowest BCUT2D eigenvalue weighted by atomic mass is 9.97. The van der Waals surface area contributed by atoms with E-state index in [-0.39, 0.29) is 25.0 Å². The molecule has 0 saturated heterocycles. The van der Waals surface area contributed by atoms with Crippen molar-refractivity contribution in [1.82, 2.24) is 10.2 Å². The van der Waals surface area contributed by atoms with Crippen LogP contribution in [0.4, 0.5) is 4.79 Å². The molecular formula is C21H22N2O5S. The van der Waals surface area contributed by atoms with Crippen LogP contribution < -0.4 is 10.1 Å². The van der Waals surface area contributed by atoms with E-state index in [4.69, 9.17) is 9.47 Å². The van der Waals surface area contributed by atoms with E-state index in [1.165, 1.54) is 23.2 Å². The molecule has 1 aromatic heterocycles. The zero-order chi connectivity index (χ0) is 21.0. The Morgan fingerprint density at radius 3 is 2.52 bits per heavy atom. The molecule has 0 spiro atoms. The maximum Gasteiger partial charge on any atom is 0.338 e. The minimum atomic E-state index is -0.609. The van der Waals surface area contributed by atoms with E-state index in [1.807, 2.05) is 16.8 Å². The normalized spacial score (nSPS) is 16.4. The fourth-order valence-corrected chi connectivity index (χ4v) is 3.69. The molecule has 1 aromatic carbocycles. The van der Waals surface area contributed by atoms with Crippen LogP contribution in [0.15, 0.2) is 52.4 Å². The topological polar surface area (TPSA) is 84.9 Å². The number of carbonyl (C=O) groups is 3. The van der Waals surface area contributed by atoms with Crippen molar-refractivity contribution >= 4 is 29.1 Å². The smallest absolute Gasteiger partial charge is 0.338 e. The number of benzene rings is 1. The van der Waals surface area contributed by atoms with E-state index in [0.29, 0.717) is 22.6 Å². The standard InChI is InChI=1S/C21H22N2O5S/c1-4-27-20(25)18-17(11-28-16-7-5-14(6-8-16)13(2)24)23(3)21(26)22-19(18)15-9-10-29-12-15/h5-10,12,19H,4,11H2,1-3H3,(H,22,26). The Labute approximate surface area is 172 Å². The van der Waals surface area contributed by atoms with Crippen molar-refractivity contribution in [2.75, 3.05) is 20.3 Å². The van der Waals surface area contributed by atoms with Crippen LogP contribution >= 0.6 is 11.3 Å². The molecule has 1 aliphatic heterocycles. The predicted molar refractivity (Wildman–Crippen MR) is 109 cm³/mol. The van der Waals surface area contributed by atoms with Crippen molar-refractivity contribution in [3.05, 3.63) is 63.5 Å². The second-order valence-electron chi connectivity index (χ2n) is 6.45. The molecule has 0 aliphatic carbocycles. The van der Waals surface area contributed by atoms with Crippen molar-refractivity contribution in [1.29, 1.82) is 0 Å². The van der Waals surface area contributed by atoms with Crippen LogP contribution in [-0.4, -0.2) is 42.9 Å². The lowest BCUT2D eigenvalue weighted by Crippen LogP contribution is -2.48. The van der Waals surface area contributed by atoms with E-state index in [2.05, 4.69) is 5.32 Å². The van der Waals surface area contributed by atoms with Crippen LogP contribution in [0.2, 0.25) is 0 Å². The van der Waals surface area contributed by atoms with E-state index in [1.54, 1.807) is 38.2 Å². The van der Waals surface area contributed by atoms with E-state index < -0.39 is 12.0 Å². The molecule has 1 N–H and O–H groups in total. The van der Waals surface area contributed by atoms with E-state index in [9.17, 15) is 14.4 Å². The second-order valence-corrected chi connectivity index (χ2v) is 7.23. The first kappa shape index (κ1) is 20.6. The fourth-order valence-electron chi connectivity index (χ4n) is 3.01. The number of urea groups is 1. The number of nitrogens with zero attached hydrogens (tertiary/aromatic N) is 1. The molecule has 2 aromatic rings. The summed E-state index contributed by atoms with van der Waals surface area (Å²) in [5.74, 6) is -0.00982. The number of thiophene rings is 1. The number of carbonyl (C=O) groups excluding carboxylic acids is 3. The quantitative estimate of drug-likeness (QED) is 0.553. The summed E-state index contributed by atoms with van der Waals surface area (Å²) in [4.78, 5) is 38.0. The van der Waals surface area contributed by atoms with Gasteiger partial charge >= 0.3 is 12.0 Å². The van der Waals surface area contributed by atoms with Crippen LogP contribution in [0.5, 0.6) is 5.75 Å². The summed E-state index contributed by atoms with van der Waals surface area (Å²) in [5, 5.41) is 6.62. The monoisotopic (exact) mass is 414 g/mol. The van der Waals surface area contributed by atoms with Gasteiger partial charge in [0.25, 0.3) is 0 Å². The number of rotatable bonds is 7. The predicted octanol–water partition coefficient (Wildman–Crippen LogP) is 3.54. The minimum Gasteiger partial charge on any atom is -0.487 e. The highest BCUT2D eigenvalue weighted by Crippen LogP contribution is 2.32. The summed E-state index contributed by atoms with van der Waals surface area (Å²) < 4.78 is 11.1. The summed E-state index contributed by atoms with van der Waals surface area (Å²) in [7, 11) is 1.58. The molecule has 0 radical (unpaired) electrons. The maximum atomic E-state index is 12.7. The van der Waals surface area contributed by atoms with Gasteiger partial charge in [-0.25, -0.2) is 9.59 Å². The Kier molecular flexibility index (Phi) is 6.33. The first-order chi connectivity index (χ1) is 13.9. The molecule has 3 rings (SSSR count). The zero-order valence-electron chi connectivity index (χ0n) is 16.4. The molecule has 2 heterocycles. The van der Waals surface area contributed by atoms with Crippen LogP contribution in [0.1, 0.15) is 35.8 Å². The van der Waals surface area contributed by atoms with E-state index >= 15 is 0 Å². The van der Waals surface area contributed by atoms with Gasteiger partial charge in [0.2, 0.25) is 0 Å². The maximum absolute atomic E-state index is 12.7. The van der Waals surface area contributed by atoms with Crippen LogP contribution in [0.25, 0.3) is 0 Å². The number of likely N-dealkylation sites (N-methyl/N-ethyl adjacent to an activating group) is 1. The lowest BCUT2D eigenvalue weighted by Gasteiger charge is -2.34. The Hall–Kier alpha value is -3.13. The number of esters is 1. The molecule has 1 unspecified atom stereocenters. The number of hydrogen-bond donors (Lipinski definition) is 1. The largest absolute Gasteiger partial charge is 0.487 e. The molecule has 0 saturated carbocycles. The van der Waals surface area contributed by atoms with Crippen molar-refractivity contribution in [3.63, 3.8) is 0 Å². The van der Waals surface area contributed by atoms with Gasteiger partial charge in [0.05, 0.1) is 23.9 Å². The van der Waals surface area contributed by atoms with Gasteiger partial charge in [0, 0.05) is 12.6 Å². The highest BCUT2D eigenvalue weighted by atomic mass is 32.1. The van der Waals surface area contributed by atoms with Gasteiger partial charge in [-0.15, -0.1) is 0 Å². The molecule has 0 fully saturated rings. The van der Waals surface area contributed by atoms with Gasteiger partial charge in [0.15, 0.2) is 5.78 Å². The summed E-state index contributed by atoms with van der Waals surface area (Å²) in [6.45, 7) is 3.44. The molecule has 2 amide bonds. The van der Waals surface area contributed by atoms with Gasteiger partial charge in [-0.1, -0.05) is 0 Å². The Balaban J connectivity index is 1.94. The van der Waals surface area contributed by atoms with Crippen LogP contribution in [0.3, 0.4) is 0 Å². The van der Waals surface area contributed by atoms with Gasteiger partial charge in [-0.05, 0) is 60.5 Å². The number of amides is 2. The third-order valence-electron chi connectivity index (χ3n) is 4.59. The third kappa shape index (κ3) is 4.48. The molecule has 0 bridgehead atoms. The Morgan fingerprint density at radius 1 is 1.21 bits per heavy atom. The van der Waals surface area contributed by atoms with Crippen LogP contribution in [-0.2, 0) is 9.53 Å². The molecule has 152 valence electrons. The molecule has 1 aliphatic rings. The minimum absolute atomic E-state index is 0.00186. The van der Waals surface area contributed by atoms with Gasteiger partial charge in [-0.2, -0.15) is 11.3 Å². The summed E-state index contributed by atoms with van der Waals surface area (Å²) in [6, 6.07) is 7.62. The van der Waals surface area contributed by atoms with Gasteiger partial charge in [0.1, 0.15) is 12.4 Å². The summed E-state index contributed by atoms with van der Waals surface area (Å²) in [6.07, 6.45) is 0. The molecule has 29 heavy (non-hydrogen) atoms. The number of ketones is 1. The van der Waals surface area contributed by atoms with Crippen molar-refractivity contribution in [2.45, 2.75) is 19.9 Å². The lowest BCUT2D eigenvalue weighted by molar-refractivity contribution is -0.139. The first-order valence-electron chi connectivity index (χ1n) is 9.12. The molecule has 7 nitrogen and oxygen atoms in total. The first-order valence-corrected chi connectivity index (χ1v) is 10.1. The average molecular weight is 414 g/mol. The summed E-state index contributed by atoms with van der Waals surface area (Å²) in [5.41, 5.74) is 2.16. The van der Waals surface area contributed by atoms with Crippen molar-refractivity contribution in [3.8, 4) is 5.75 Å². The number of ether oxygens (including phenoxy) is 2. The second kappa shape index (κ2) is 8.91. The molecular weight excluding hydrogens is 392 g/mol. The average Bonchev–Trinajstić information content (AvgIpc) is 3.23. The molecule has 8 heteroatoms. The molecule has 1 atom stereocenters. The van der Waals surface area contributed by atoms with Crippen molar-refractivity contribution in [2.24, 2.45) is 0 Å². The summed E-state index contributed by atoms with van der Waals surface area (Å²) >= 11 is 1.48. The number of Topliss-reactive ketones (excluding diaryl/α,β-unsaturated/α-hetero) is 1.